The molecule has 5 heteroatoms. The first-order chi connectivity index (χ1) is 8.20. The number of carboxylic acids is 1. The highest BCUT2D eigenvalue weighted by molar-refractivity contribution is 5.89. The van der Waals surface area contributed by atoms with Crippen LogP contribution in [0.2, 0.25) is 0 Å². The highest BCUT2D eigenvalue weighted by Gasteiger charge is 2.19. The summed E-state index contributed by atoms with van der Waals surface area (Å²) in [7, 11) is 0. The van der Waals surface area contributed by atoms with Crippen molar-refractivity contribution < 1.29 is 14.6 Å². The van der Waals surface area contributed by atoms with E-state index < -0.39 is 5.97 Å². The molecule has 2 N–H and O–H groups in total. The van der Waals surface area contributed by atoms with Gasteiger partial charge in [0.1, 0.15) is 12.4 Å². The molecule has 0 saturated carbocycles. The summed E-state index contributed by atoms with van der Waals surface area (Å²) in [5.74, 6) is -0.308. The zero-order chi connectivity index (χ0) is 12.3. The summed E-state index contributed by atoms with van der Waals surface area (Å²) in [5, 5.41) is 20.6. The van der Waals surface area contributed by atoms with Gasteiger partial charge < -0.3 is 15.2 Å². The van der Waals surface area contributed by atoms with E-state index in [1.54, 1.807) is 12.1 Å². The van der Waals surface area contributed by atoms with Gasteiger partial charge in [0, 0.05) is 6.42 Å². The van der Waals surface area contributed by atoms with E-state index in [0.717, 1.165) is 0 Å². The minimum atomic E-state index is -0.964. The number of anilines is 1. The SMILES string of the molecule is N#CCCC1COc2ccc(C(=O)O)cc2N1. The molecule has 0 bridgehead atoms. The predicted molar refractivity (Wildman–Crippen MR) is 61.2 cm³/mol. The second-order valence-electron chi connectivity index (χ2n) is 3.87. The molecule has 2 rings (SSSR count). The fourth-order valence-corrected chi connectivity index (χ4v) is 1.75. The second kappa shape index (κ2) is 4.74. The van der Waals surface area contributed by atoms with E-state index in [1.165, 1.54) is 6.07 Å². The molecule has 0 aliphatic carbocycles. The number of nitrogens with zero attached hydrogens (tertiary/aromatic N) is 1. The first-order valence-electron chi connectivity index (χ1n) is 5.34. The van der Waals surface area contributed by atoms with Crippen LogP contribution in [-0.2, 0) is 0 Å². The van der Waals surface area contributed by atoms with Crippen molar-refractivity contribution in [2.75, 3.05) is 11.9 Å². The van der Waals surface area contributed by atoms with Crippen LogP contribution in [-0.4, -0.2) is 23.7 Å². The average molecular weight is 232 g/mol. The maximum Gasteiger partial charge on any atom is 0.335 e. The molecule has 1 heterocycles. The van der Waals surface area contributed by atoms with Crippen LogP contribution >= 0.6 is 0 Å². The number of hydrogen-bond donors (Lipinski definition) is 2. The fraction of sp³-hybridized carbons (Fsp3) is 0.333. The Morgan fingerprint density at radius 2 is 2.47 bits per heavy atom. The number of nitrogens with one attached hydrogen (secondary N) is 1. The van der Waals surface area contributed by atoms with Gasteiger partial charge in [-0.2, -0.15) is 5.26 Å². The number of ether oxygens (including phenoxy) is 1. The average Bonchev–Trinajstić information content (AvgIpc) is 2.35. The zero-order valence-corrected chi connectivity index (χ0v) is 9.14. The van der Waals surface area contributed by atoms with E-state index in [9.17, 15) is 4.79 Å². The molecule has 0 fully saturated rings. The number of hydrogen-bond acceptors (Lipinski definition) is 4. The molecule has 1 aliphatic rings. The van der Waals surface area contributed by atoms with E-state index in [1.807, 2.05) is 0 Å². The Bertz CT molecular complexity index is 479. The van der Waals surface area contributed by atoms with E-state index in [-0.39, 0.29) is 11.6 Å². The Morgan fingerprint density at radius 3 is 3.18 bits per heavy atom. The van der Waals surface area contributed by atoms with Crippen LogP contribution in [0.15, 0.2) is 18.2 Å². The van der Waals surface area contributed by atoms with Gasteiger partial charge in [-0.3, -0.25) is 0 Å². The maximum atomic E-state index is 10.8. The molecule has 0 spiro atoms. The molecule has 1 unspecified atom stereocenters. The summed E-state index contributed by atoms with van der Waals surface area (Å²) in [6, 6.07) is 6.85. The monoisotopic (exact) mass is 232 g/mol. The first-order valence-corrected chi connectivity index (χ1v) is 5.34. The van der Waals surface area contributed by atoms with Crippen molar-refractivity contribution in [2.24, 2.45) is 0 Å². The summed E-state index contributed by atoms with van der Waals surface area (Å²) < 4.78 is 5.50. The van der Waals surface area contributed by atoms with Crippen molar-refractivity contribution in [3.63, 3.8) is 0 Å². The molecule has 1 aliphatic heterocycles. The molecule has 5 nitrogen and oxygen atoms in total. The van der Waals surface area contributed by atoms with Crippen LogP contribution in [0.25, 0.3) is 0 Å². The van der Waals surface area contributed by atoms with Crippen molar-refractivity contribution >= 4 is 11.7 Å². The lowest BCUT2D eigenvalue weighted by Crippen LogP contribution is -2.31. The van der Waals surface area contributed by atoms with E-state index >= 15 is 0 Å². The number of rotatable bonds is 3. The zero-order valence-electron chi connectivity index (χ0n) is 9.14. The van der Waals surface area contributed by atoms with Gasteiger partial charge in [0.05, 0.1) is 23.4 Å². The van der Waals surface area contributed by atoms with Crippen LogP contribution in [0.4, 0.5) is 5.69 Å². The molecule has 0 amide bonds. The minimum absolute atomic E-state index is 0.0613. The van der Waals surface area contributed by atoms with Crippen LogP contribution in [0.3, 0.4) is 0 Å². The standard InChI is InChI=1S/C12H12N2O3/c13-5-1-2-9-7-17-11-4-3-8(12(15)16)6-10(11)14-9/h3-4,6,9,14H,1-2,7H2,(H,15,16). The van der Waals surface area contributed by atoms with Crippen molar-refractivity contribution in [3.05, 3.63) is 23.8 Å². The van der Waals surface area contributed by atoms with Crippen LogP contribution < -0.4 is 10.1 Å². The fourth-order valence-electron chi connectivity index (χ4n) is 1.75. The van der Waals surface area contributed by atoms with Crippen molar-refractivity contribution in [2.45, 2.75) is 18.9 Å². The van der Waals surface area contributed by atoms with Crippen molar-refractivity contribution in [1.29, 1.82) is 5.26 Å². The smallest absolute Gasteiger partial charge is 0.335 e. The van der Waals surface area contributed by atoms with Gasteiger partial charge in [0.25, 0.3) is 0 Å². The highest BCUT2D eigenvalue weighted by atomic mass is 16.5. The predicted octanol–water partition coefficient (Wildman–Crippen LogP) is 1.86. The van der Waals surface area contributed by atoms with Gasteiger partial charge in [-0.1, -0.05) is 0 Å². The van der Waals surface area contributed by atoms with Gasteiger partial charge >= 0.3 is 5.97 Å². The number of nitriles is 1. The lowest BCUT2D eigenvalue weighted by molar-refractivity contribution is 0.0697. The molecule has 0 saturated heterocycles. The Morgan fingerprint density at radius 1 is 1.65 bits per heavy atom. The number of carboxylic acid groups (broad SMARTS) is 1. The molecule has 17 heavy (non-hydrogen) atoms. The third-order valence-corrected chi connectivity index (χ3v) is 2.63. The minimum Gasteiger partial charge on any atom is -0.489 e. The number of fused-ring (bicyclic) bond motifs is 1. The topological polar surface area (TPSA) is 82.3 Å². The Balaban J connectivity index is 2.15. The maximum absolute atomic E-state index is 10.8. The summed E-state index contributed by atoms with van der Waals surface area (Å²) in [6.07, 6.45) is 1.14. The van der Waals surface area contributed by atoms with Gasteiger partial charge in [0.15, 0.2) is 0 Å². The van der Waals surface area contributed by atoms with Gasteiger partial charge in [-0.25, -0.2) is 4.79 Å². The van der Waals surface area contributed by atoms with Crippen LogP contribution in [0, 0.1) is 11.3 Å². The molecule has 0 radical (unpaired) electrons. The largest absolute Gasteiger partial charge is 0.489 e. The Labute approximate surface area is 98.6 Å². The summed E-state index contributed by atoms with van der Waals surface area (Å²) >= 11 is 0. The lowest BCUT2D eigenvalue weighted by atomic mass is 10.1. The van der Waals surface area contributed by atoms with E-state index in [2.05, 4.69) is 11.4 Å². The summed E-state index contributed by atoms with van der Waals surface area (Å²) in [4.78, 5) is 10.8. The number of aromatic carboxylic acids is 1. The van der Waals surface area contributed by atoms with Crippen molar-refractivity contribution in [3.8, 4) is 11.8 Å². The molecule has 0 aromatic heterocycles. The van der Waals surface area contributed by atoms with Crippen molar-refractivity contribution in [1.82, 2.24) is 0 Å². The Kier molecular flexibility index (Phi) is 3.15. The molecule has 1 aromatic carbocycles. The quantitative estimate of drug-likeness (QED) is 0.831. The van der Waals surface area contributed by atoms with Crippen LogP contribution in [0.5, 0.6) is 5.75 Å². The Hall–Kier alpha value is -2.22. The van der Waals surface area contributed by atoms with Gasteiger partial charge in [-0.15, -0.1) is 0 Å². The summed E-state index contributed by atoms with van der Waals surface area (Å²) in [6.45, 7) is 0.501. The molecular weight excluding hydrogens is 220 g/mol. The number of benzene rings is 1. The molecule has 1 atom stereocenters. The van der Waals surface area contributed by atoms with Crippen LogP contribution in [0.1, 0.15) is 23.2 Å². The molecular formula is C12H12N2O3. The van der Waals surface area contributed by atoms with E-state index in [0.29, 0.717) is 30.9 Å². The normalized spacial score (nSPS) is 17.2. The third-order valence-electron chi connectivity index (χ3n) is 2.63. The first kappa shape index (κ1) is 11.3. The molecule has 88 valence electrons. The lowest BCUT2D eigenvalue weighted by Gasteiger charge is -2.27. The third kappa shape index (κ3) is 2.48. The van der Waals surface area contributed by atoms with Gasteiger partial charge in [0.2, 0.25) is 0 Å². The molecule has 1 aromatic rings. The highest BCUT2D eigenvalue weighted by Crippen LogP contribution is 2.30. The second-order valence-corrected chi connectivity index (χ2v) is 3.87. The summed E-state index contributed by atoms with van der Waals surface area (Å²) in [5.41, 5.74) is 0.903. The van der Waals surface area contributed by atoms with Gasteiger partial charge in [-0.05, 0) is 24.6 Å². The number of carbonyl (C=O) groups is 1. The van der Waals surface area contributed by atoms with E-state index in [4.69, 9.17) is 15.1 Å².